The summed E-state index contributed by atoms with van der Waals surface area (Å²) in [5.41, 5.74) is 2.26. The van der Waals surface area contributed by atoms with E-state index in [1.807, 2.05) is 36.1 Å². The first-order chi connectivity index (χ1) is 10.1. The summed E-state index contributed by atoms with van der Waals surface area (Å²) in [7, 11) is 1.57. The molecule has 0 heterocycles. The van der Waals surface area contributed by atoms with Gasteiger partial charge in [-0.05, 0) is 44.2 Å². The van der Waals surface area contributed by atoms with Gasteiger partial charge < -0.3 is 14.7 Å². The van der Waals surface area contributed by atoms with Gasteiger partial charge in [-0.15, -0.1) is 0 Å². The number of aliphatic hydroxyl groups is 1. The molecular formula is C17H20FNO2. The molecule has 0 saturated carbocycles. The van der Waals surface area contributed by atoms with Crippen LogP contribution in [-0.4, -0.2) is 18.8 Å². The van der Waals surface area contributed by atoms with Crippen molar-refractivity contribution >= 4 is 11.4 Å². The molecule has 0 aliphatic carbocycles. The molecule has 0 aromatic heterocycles. The quantitative estimate of drug-likeness (QED) is 0.901. The molecule has 1 N–H and O–H groups in total. The molecule has 3 nitrogen and oxygen atoms in total. The van der Waals surface area contributed by atoms with E-state index in [9.17, 15) is 9.50 Å². The Morgan fingerprint density at radius 1 is 1.24 bits per heavy atom. The van der Waals surface area contributed by atoms with Crippen LogP contribution in [-0.2, 0) is 0 Å². The molecular weight excluding hydrogens is 269 g/mol. The van der Waals surface area contributed by atoms with E-state index in [1.54, 1.807) is 20.1 Å². The molecule has 0 radical (unpaired) electrons. The minimum atomic E-state index is -0.682. The van der Waals surface area contributed by atoms with E-state index < -0.39 is 6.10 Å². The zero-order valence-corrected chi connectivity index (χ0v) is 12.5. The first kappa shape index (κ1) is 15.3. The van der Waals surface area contributed by atoms with Crippen LogP contribution >= 0.6 is 0 Å². The van der Waals surface area contributed by atoms with E-state index in [-0.39, 0.29) is 5.82 Å². The van der Waals surface area contributed by atoms with Crippen LogP contribution in [0.5, 0.6) is 5.75 Å². The molecule has 0 fully saturated rings. The maximum absolute atomic E-state index is 13.5. The Morgan fingerprint density at radius 3 is 2.52 bits per heavy atom. The first-order valence-corrected chi connectivity index (χ1v) is 6.96. The number of hydrogen-bond acceptors (Lipinski definition) is 3. The molecule has 1 atom stereocenters. The summed E-state index contributed by atoms with van der Waals surface area (Å²) in [6, 6.07) is 12.0. The van der Waals surface area contributed by atoms with Gasteiger partial charge in [-0.25, -0.2) is 4.39 Å². The van der Waals surface area contributed by atoms with Crippen molar-refractivity contribution in [3.63, 3.8) is 0 Å². The maximum atomic E-state index is 13.5. The van der Waals surface area contributed by atoms with Gasteiger partial charge >= 0.3 is 0 Å². The van der Waals surface area contributed by atoms with Crippen molar-refractivity contribution in [3.05, 3.63) is 53.8 Å². The predicted octanol–water partition coefficient (Wildman–Crippen LogP) is 4.05. The average Bonchev–Trinajstić information content (AvgIpc) is 2.47. The van der Waals surface area contributed by atoms with E-state index >= 15 is 0 Å². The Labute approximate surface area is 124 Å². The summed E-state index contributed by atoms with van der Waals surface area (Å²) in [5.74, 6) is 0.338. The number of methoxy groups -OCH3 is 1. The number of benzene rings is 2. The number of ether oxygens (including phenoxy) is 1. The van der Waals surface area contributed by atoms with Crippen molar-refractivity contribution in [3.8, 4) is 5.75 Å². The highest BCUT2D eigenvalue weighted by atomic mass is 19.1. The van der Waals surface area contributed by atoms with Crippen LogP contribution in [0.4, 0.5) is 15.8 Å². The molecule has 0 saturated heterocycles. The number of halogens is 1. The lowest BCUT2D eigenvalue weighted by Crippen LogP contribution is -2.19. The number of hydrogen-bond donors (Lipinski definition) is 1. The lowest BCUT2D eigenvalue weighted by Gasteiger charge is -2.28. The second kappa shape index (κ2) is 6.59. The van der Waals surface area contributed by atoms with Gasteiger partial charge in [-0.1, -0.05) is 12.1 Å². The van der Waals surface area contributed by atoms with Gasteiger partial charge in [0.15, 0.2) is 0 Å². The molecule has 2 aromatic carbocycles. The molecule has 4 heteroatoms. The third-order valence-electron chi connectivity index (χ3n) is 3.41. The summed E-state index contributed by atoms with van der Waals surface area (Å²) in [4.78, 5) is 1.95. The molecule has 0 amide bonds. The van der Waals surface area contributed by atoms with Gasteiger partial charge in [0.2, 0.25) is 0 Å². The van der Waals surface area contributed by atoms with Gasteiger partial charge in [0, 0.05) is 17.8 Å². The Bertz CT molecular complexity index is 613. The highest BCUT2D eigenvalue weighted by Crippen LogP contribution is 2.37. The zero-order valence-electron chi connectivity index (χ0n) is 12.5. The monoisotopic (exact) mass is 289 g/mol. The molecule has 2 aromatic rings. The van der Waals surface area contributed by atoms with Gasteiger partial charge in [-0.3, -0.25) is 0 Å². The Hall–Kier alpha value is -2.07. The van der Waals surface area contributed by atoms with Crippen LogP contribution in [0.15, 0.2) is 42.5 Å². The molecule has 0 aliphatic heterocycles. The lowest BCUT2D eigenvalue weighted by molar-refractivity contribution is 0.195. The number of nitrogens with zero attached hydrogens (tertiary/aromatic N) is 1. The van der Waals surface area contributed by atoms with Crippen molar-refractivity contribution in [2.24, 2.45) is 0 Å². The van der Waals surface area contributed by atoms with Crippen molar-refractivity contribution < 1.29 is 14.2 Å². The topological polar surface area (TPSA) is 32.7 Å². The lowest BCUT2D eigenvalue weighted by atomic mass is 10.0. The van der Waals surface area contributed by atoms with Gasteiger partial charge in [0.05, 0.1) is 18.9 Å². The second-order valence-electron chi connectivity index (χ2n) is 4.79. The van der Waals surface area contributed by atoms with E-state index in [0.29, 0.717) is 17.9 Å². The van der Waals surface area contributed by atoms with Crippen molar-refractivity contribution in [1.29, 1.82) is 0 Å². The highest BCUT2D eigenvalue weighted by Gasteiger charge is 2.19. The Balaban J connectivity index is 2.57. The largest absolute Gasteiger partial charge is 0.496 e. The number of rotatable bonds is 5. The van der Waals surface area contributed by atoms with Crippen molar-refractivity contribution in [2.45, 2.75) is 20.0 Å². The van der Waals surface area contributed by atoms with E-state index in [1.165, 1.54) is 12.1 Å². The molecule has 112 valence electrons. The van der Waals surface area contributed by atoms with Gasteiger partial charge in [0.25, 0.3) is 0 Å². The SMILES string of the molecule is CCN(c1cccc(F)c1)c1cccc(OC)c1[C@H](C)O. The smallest absolute Gasteiger partial charge is 0.126 e. The van der Waals surface area contributed by atoms with Crippen LogP contribution in [0.3, 0.4) is 0 Å². The Kier molecular flexibility index (Phi) is 4.81. The minimum Gasteiger partial charge on any atom is -0.496 e. The van der Waals surface area contributed by atoms with Crippen LogP contribution < -0.4 is 9.64 Å². The minimum absolute atomic E-state index is 0.285. The zero-order chi connectivity index (χ0) is 15.4. The standard InChI is InChI=1S/C17H20FNO2/c1-4-19(14-8-5-7-13(18)11-14)15-9-6-10-16(21-3)17(15)12(2)20/h5-12,20H,4H2,1-3H3/t12-/m0/s1. The second-order valence-corrected chi connectivity index (χ2v) is 4.79. The molecule has 21 heavy (non-hydrogen) atoms. The molecule has 0 aliphatic rings. The van der Waals surface area contributed by atoms with Crippen LogP contribution in [0.25, 0.3) is 0 Å². The summed E-state index contributed by atoms with van der Waals surface area (Å²) < 4.78 is 18.8. The number of aliphatic hydroxyl groups excluding tert-OH is 1. The third-order valence-corrected chi connectivity index (χ3v) is 3.41. The maximum Gasteiger partial charge on any atom is 0.126 e. The van der Waals surface area contributed by atoms with Crippen molar-refractivity contribution in [2.75, 3.05) is 18.6 Å². The fourth-order valence-electron chi connectivity index (χ4n) is 2.50. The third kappa shape index (κ3) is 3.16. The van der Waals surface area contributed by atoms with E-state index in [0.717, 1.165) is 11.4 Å². The average molecular weight is 289 g/mol. The molecule has 0 spiro atoms. The van der Waals surface area contributed by atoms with Crippen LogP contribution in [0, 0.1) is 5.82 Å². The normalized spacial score (nSPS) is 12.0. The highest BCUT2D eigenvalue weighted by molar-refractivity contribution is 5.69. The van der Waals surface area contributed by atoms with E-state index in [2.05, 4.69) is 0 Å². The molecule has 0 bridgehead atoms. The summed E-state index contributed by atoms with van der Waals surface area (Å²) in [6.45, 7) is 4.33. The fraction of sp³-hybridized carbons (Fsp3) is 0.294. The Morgan fingerprint density at radius 2 is 1.95 bits per heavy atom. The van der Waals surface area contributed by atoms with Crippen molar-refractivity contribution in [1.82, 2.24) is 0 Å². The predicted molar refractivity (Wildman–Crippen MR) is 82.7 cm³/mol. The summed E-state index contributed by atoms with van der Waals surface area (Å²) >= 11 is 0. The molecule has 0 unspecified atom stereocenters. The van der Waals surface area contributed by atoms with Gasteiger partial charge in [-0.2, -0.15) is 0 Å². The van der Waals surface area contributed by atoms with Crippen LogP contribution in [0.2, 0.25) is 0 Å². The first-order valence-electron chi connectivity index (χ1n) is 6.96. The fourth-order valence-corrected chi connectivity index (χ4v) is 2.50. The summed E-state index contributed by atoms with van der Waals surface area (Å²) in [6.07, 6.45) is -0.682. The summed E-state index contributed by atoms with van der Waals surface area (Å²) in [5, 5.41) is 10.1. The molecule has 2 rings (SSSR count). The van der Waals surface area contributed by atoms with E-state index in [4.69, 9.17) is 4.74 Å². The number of anilines is 2. The van der Waals surface area contributed by atoms with Crippen LogP contribution in [0.1, 0.15) is 25.5 Å². The van der Waals surface area contributed by atoms with Gasteiger partial charge in [0.1, 0.15) is 11.6 Å².